The SMILES string of the molecule is COC(=O)C(OC(C)=O)c1ccco1. The molecule has 1 aromatic heterocycles. The normalized spacial score (nSPS) is 11.9. The number of carbonyl (C=O) groups is 2. The van der Waals surface area contributed by atoms with Crippen molar-refractivity contribution in [3.63, 3.8) is 0 Å². The van der Waals surface area contributed by atoms with E-state index in [1.54, 1.807) is 6.07 Å². The highest BCUT2D eigenvalue weighted by atomic mass is 16.6. The second-order valence-corrected chi connectivity index (χ2v) is 2.53. The highest BCUT2D eigenvalue weighted by Gasteiger charge is 2.26. The van der Waals surface area contributed by atoms with E-state index in [1.807, 2.05) is 0 Å². The zero-order chi connectivity index (χ0) is 10.6. The summed E-state index contributed by atoms with van der Waals surface area (Å²) in [5.41, 5.74) is 0. The summed E-state index contributed by atoms with van der Waals surface area (Å²) >= 11 is 0. The van der Waals surface area contributed by atoms with Gasteiger partial charge in [-0.25, -0.2) is 4.79 Å². The molecule has 0 amide bonds. The predicted molar refractivity (Wildman–Crippen MR) is 45.2 cm³/mol. The largest absolute Gasteiger partial charge is 0.466 e. The van der Waals surface area contributed by atoms with Crippen LogP contribution in [0.5, 0.6) is 0 Å². The first-order chi connectivity index (χ1) is 6.65. The van der Waals surface area contributed by atoms with Gasteiger partial charge in [0.15, 0.2) is 5.76 Å². The molecule has 0 fully saturated rings. The number of hydrogen-bond acceptors (Lipinski definition) is 5. The Balaban J connectivity index is 2.82. The maximum Gasteiger partial charge on any atom is 0.355 e. The molecule has 1 heterocycles. The van der Waals surface area contributed by atoms with Gasteiger partial charge in [-0.15, -0.1) is 0 Å². The monoisotopic (exact) mass is 198 g/mol. The van der Waals surface area contributed by atoms with Crippen molar-refractivity contribution in [2.75, 3.05) is 7.11 Å². The van der Waals surface area contributed by atoms with Crippen molar-refractivity contribution in [2.24, 2.45) is 0 Å². The van der Waals surface area contributed by atoms with Crippen molar-refractivity contribution in [1.82, 2.24) is 0 Å². The summed E-state index contributed by atoms with van der Waals surface area (Å²) in [7, 11) is 1.21. The molecule has 0 aliphatic heterocycles. The number of methoxy groups -OCH3 is 1. The minimum Gasteiger partial charge on any atom is -0.466 e. The van der Waals surface area contributed by atoms with Gasteiger partial charge in [-0.1, -0.05) is 0 Å². The van der Waals surface area contributed by atoms with Crippen molar-refractivity contribution in [3.05, 3.63) is 24.2 Å². The zero-order valence-corrected chi connectivity index (χ0v) is 7.85. The van der Waals surface area contributed by atoms with Crippen molar-refractivity contribution in [3.8, 4) is 0 Å². The topological polar surface area (TPSA) is 65.7 Å². The molecule has 0 radical (unpaired) electrons. The van der Waals surface area contributed by atoms with Gasteiger partial charge in [0.25, 0.3) is 6.10 Å². The smallest absolute Gasteiger partial charge is 0.355 e. The van der Waals surface area contributed by atoms with Gasteiger partial charge in [0.05, 0.1) is 13.4 Å². The summed E-state index contributed by atoms with van der Waals surface area (Å²) in [6.45, 7) is 1.21. The Morgan fingerprint density at radius 1 is 1.50 bits per heavy atom. The number of hydrogen-bond donors (Lipinski definition) is 0. The van der Waals surface area contributed by atoms with Crippen molar-refractivity contribution < 1.29 is 23.5 Å². The van der Waals surface area contributed by atoms with Gasteiger partial charge < -0.3 is 13.9 Å². The summed E-state index contributed by atoms with van der Waals surface area (Å²) in [6.07, 6.45) is 0.266. The maximum absolute atomic E-state index is 11.2. The first kappa shape index (κ1) is 10.3. The van der Waals surface area contributed by atoms with E-state index in [4.69, 9.17) is 9.15 Å². The molecule has 0 aliphatic rings. The van der Waals surface area contributed by atoms with E-state index in [9.17, 15) is 9.59 Å². The van der Waals surface area contributed by atoms with Gasteiger partial charge >= 0.3 is 11.9 Å². The second kappa shape index (κ2) is 4.45. The van der Waals surface area contributed by atoms with Crippen LogP contribution in [-0.4, -0.2) is 19.0 Å². The summed E-state index contributed by atoms with van der Waals surface area (Å²) in [6, 6.07) is 3.12. The number of carbonyl (C=O) groups excluding carboxylic acids is 2. The summed E-state index contributed by atoms with van der Waals surface area (Å²) in [4.78, 5) is 21.9. The van der Waals surface area contributed by atoms with E-state index in [-0.39, 0.29) is 5.76 Å². The molecule has 0 saturated carbocycles. The second-order valence-electron chi connectivity index (χ2n) is 2.53. The van der Waals surface area contributed by atoms with Crippen LogP contribution in [0.1, 0.15) is 18.8 Å². The Morgan fingerprint density at radius 3 is 2.64 bits per heavy atom. The van der Waals surface area contributed by atoms with Crippen LogP contribution in [0.2, 0.25) is 0 Å². The Labute approximate surface area is 80.6 Å². The summed E-state index contributed by atoms with van der Waals surface area (Å²) in [5, 5.41) is 0. The van der Waals surface area contributed by atoms with Crippen LogP contribution in [0.15, 0.2) is 22.8 Å². The van der Waals surface area contributed by atoms with E-state index in [1.165, 1.54) is 26.4 Å². The standard InChI is InChI=1S/C9H10O5/c1-6(10)14-8(9(11)12-2)7-4-3-5-13-7/h3-5,8H,1-2H3. The van der Waals surface area contributed by atoms with Crippen LogP contribution in [0.25, 0.3) is 0 Å². The fraction of sp³-hybridized carbons (Fsp3) is 0.333. The van der Waals surface area contributed by atoms with E-state index in [0.29, 0.717) is 0 Å². The Bertz CT molecular complexity index is 314. The van der Waals surface area contributed by atoms with Gasteiger partial charge in [0.2, 0.25) is 0 Å². The van der Waals surface area contributed by atoms with E-state index in [2.05, 4.69) is 4.74 Å². The first-order valence-electron chi connectivity index (χ1n) is 3.93. The molecular weight excluding hydrogens is 188 g/mol. The van der Waals surface area contributed by atoms with Gasteiger partial charge in [-0.05, 0) is 12.1 Å². The summed E-state index contributed by atoms with van der Waals surface area (Å²) < 4.78 is 14.1. The average Bonchev–Trinajstić information content (AvgIpc) is 2.65. The third-order valence-electron chi connectivity index (χ3n) is 1.50. The van der Waals surface area contributed by atoms with Crippen LogP contribution >= 0.6 is 0 Å². The molecule has 0 N–H and O–H groups in total. The molecule has 0 aliphatic carbocycles. The molecule has 1 aromatic rings. The van der Waals surface area contributed by atoms with E-state index >= 15 is 0 Å². The molecule has 1 atom stereocenters. The molecule has 1 unspecified atom stereocenters. The molecule has 0 aromatic carbocycles. The molecule has 5 heteroatoms. The van der Waals surface area contributed by atoms with Crippen molar-refractivity contribution in [1.29, 1.82) is 0 Å². The Morgan fingerprint density at radius 2 is 2.21 bits per heavy atom. The Hall–Kier alpha value is -1.78. The molecule has 5 nitrogen and oxygen atoms in total. The fourth-order valence-electron chi connectivity index (χ4n) is 0.936. The van der Waals surface area contributed by atoms with Crippen LogP contribution in [-0.2, 0) is 19.1 Å². The summed E-state index contributed by atoms with van der Waals surface area (Å²) in [5.74, 6) is -1.00. The van der Waals surface area contributed by atoms with E-state index in [0.717, 1.165) is 0 Å². The van der Waals surface area contributed by atoms with Crippen molar-refractivity contribution >= 4 is 11.9 Å². The quantitative estimate of drug-likeness (QED) is 0.679. The van der Waals surface area contributed by atoms with Gasteiger partial charge in [-0.3, -0.25) is 4.79 Å². The number of furan rings is 1. The molecule has 0 spiro atoms. The van der Waals surface area contributed by atoms with Gasteiger partial charge in [-0.2, -0.15) is 0 Å². The third-order valence-corrected chi connectivity index (χ3v) is 1.50. The minimum absolute atomic E-state index is 0.243. The van der Waals surface area contributed by atoms with Crippen LogP contribution in [0.3, 0.4) is 0 Å². The van der Waals surface area contributed by atoms with Crippen LogP contribution < -0.4 is 0 Å². The zero-order valence-electron chi connectivity index (χ0n) is 7.85. The minimum atomic E-state index is -1.12. The molecule has 0 bridgehead atoms. The molecule has 14 heavy (non-hydrogen) atoms. The highest BCUT2D eigenvalue weighted by molar-refractivity contribution is 5.79. The molecule has 0 saturated heterocycles. The first-order valence-corrected chi connectivity index (χ1v) is 3.93. The molecular formula is C9H10O5. The lowest BCUT2D eigenvalue weighted by atomic mass is 10.3. The predicted octanol–water partition coefficient (Wildman–Crippen LogP) is 1.06. The van der Waals surface area contributed by atoms with Crippen LogP contribution in [0, 0.1) is 0 Å². The van der Waals surface area contributed by atoms with Gasteiger partial charge in [0.1, 0.15) is 0 Å². The van der Waals surface area contributed by atoms with Crippen LogP contribution in [0.4, 0.5) is 0 Å². The fourth-order valence-corrected chi connectivity index (χ4v) is 0.936. The lowest BCUT2D eigenvalue weighted by Crippen LogP contribution is -2.19. The number of ether oxygens (including phenoxy) is 2. The lowest BCUT2D eigenvalue weighted by molar-refractivity contribution is -0.166. The highest BCUT2D eigenvalue weighted by Crippen LogP contribution is 2.19. The van der Waals surface area contributed by atoms with E-state index < -0.39 is 18.0 Å². The molecule has 76 valence electrons. The number of esters is 2. The Kier molecular flexibility index (Phi) is 3.28. The number of rotatable bonds is 3. The lowest BCUT2D eigenvalue weighted by Gasteiger charge is -2.11. The average molecular weight is 198 g/mol. The maximum atomic E-state index is 11.2. The molecule has 1 rings (SSSR count). The third kappa shape index (κ3) is 2.35. The van der Waals surface area contributed by atoms with Gasteiger partial charge in [0, 0.05) is 6.92 Å². The van der Waals surface area contributed by atoms with Crippen molar-refractivity contribution in [2.45, 2.75) is 13.0 Å².